The first kappa shape index (κ1) is 24.3. The standard InChI is InChI=1S/C27H27F3N5O/c1-3-24(19-7-5-4-6-8-19)34-14-13-31-23(17-34)21-16-32-35-25(27(28,29)30)15-22(33-26(21)35)18-9-11-20(36-2)12-10-18/h4-12,15-16,23-24H,3,13-14,17H2,1-2H3. The molecule has 0 saturated carbocycles. The summed E-state index contributed by atoms with van der Waals surface area (Å²) >= 11 is 0. The third-order valence-electron chi connectivity index (χ3n) is 6.69. The van der Waals surface area contributed by atoms with Gasteiger partial charge in [-0.1, -0.05) is 37.3 Å². The number of methoxy groups -OCH3 is 1. The van der Waals surface area contributed by atoms with Gasteiger partial charge in [0.25, 0.3) is 0 Å². The molecule has 187 valence electrons. The van der Waals surface area contributed by atoms with Crippen LogP contribution in [0.25, 0.3) is 16.9 Å². The fraction of sp³-hybridized carbons (Fsp3) is 0.333. The van der Waals surface area contributed by atoms with Gasteiger partial charge in [0.2, 0.25) is 0 Å². The fourth-order valence-electron chi connectivity index (χ4n) is 4.90. The van der Waals surface area contributed by atoms with E-state index in [1.54, 1.807) is 24.3 Å². The molecule has 0 spiro atoms. The lowest BCUT2D eigenvalue weighted by atomic mass is 9.99. The van der Waals surface area contributed by atoms with Gasteiger partial charge in [0.1, 0.15) is 5.75 Å². The quantitative estimate of drug-likeness (QED) is 0.353. The summed E-state index contributed by atoms with van der Waals surface area (Å²) in [7, 11) is 1.54. The van der Waals surface area contributed by atoms with E-state index in [-0.39, 0.29) is 23.4 Å². The molecule has 36 heavy (non-hydrogen) atoms. The van der Waals surface area contributed by atoms with Crippen molar-refractivity contribution in [2.24, 2.45) is 0 Å². The monoisotopic (exact) mass is 494 g/mol. The number of benzene rings is 2. The van der Waals surface area contributed by atoms with E-state index in [9.17, 15) is 13.2 Å². The van der Waals surface area contributed by atoms with Gasteiger partial charge in [0.15, 0.2) is 11.3 Å². The number of rotatable bonds is 6. The SMILES string of the molecule is CCC(c1ccccc1)N1CC[N]C(c2cnn3c(C(F)(F)F)cc(-c4ccc(OC)cc4)nc23)C1. The summed E-state index contributed by atoms with van der Waals surface area (Å²) in [4.78, 5) is 7.00. The topological polar surface area (TPSA) is 56.8 Å². The molecule has 1 radical (unpaired) electrons. The summed E-state index contributed by atoms with van der Waals surface area (Å²) in [5.74, 6) is 0.617. The zero-order chi connectivity index (χ0) is 25.3. The van der Waals surface area contributed by atoms with Crippen molar-refractivity contribution in [3.8, 4) is 17.0 Å². The Morgan fingerprint density at radius 2 is 1.83 bits per heavy atom. The first-order chi connectivity index (χ1) is 17.4. The molecule has 0 bridgehead atoms. The number of nitrogens with zero attached hydrogens (tertiary/aromatic N) is 5. The predicted octanol–water partition coefficient (Wildman–Crippen LogP) is 5.54. The Balaban J connectivity index is 1.54. The first-order valence-electron chi connectivity index (χ1n) is 11.9. The van der Waals surface area contributed by atoms with Gasteiger partial charge < -0.3 is 4.74 Å². The molecular weight excluding hydrogens is 467 g/mol. The Labute approximate surface area is 207 Å². The molecule has 1 fully saturated rings. The van der Waals surface area contributed by atoms with Crippen LogP contribution in [0.4, 0.5) is 13.2 Å². The van der Waals surface area contributed by atoms with Crippen molar-refractivity contribution in [3.63, 3.8) is 0 Å². The Morgan fingerprint density at radius 1 is 1.08 bits per heavy atom. The molecule has 0 N–H and O–H groups in total. The third kappa shape index (κ3) is 4.68. The summed E-state index contributed by atoms with van der Waals surface area (Å²) in [6.07, 6.45) is -2.19. The fourth-order valence-corrected chi connectivity index (χ4v) is 4.90. The number of fused-ring (bicyclic) bond motifs is 1. The zero-order valence-electron chi connectivity index (χ0n) is 20.1. The van der Waals surface area contributed by atoms with Crippen molar-refractivity contribution in [2.45, 2.75) is 31.6 Å². The Bertz CT molecular complexity index is 1320. The highest BCUT2D eigenvalue weighted by atomic mass is 19.4. The molecule has 2 unspecified atom stereocenters. The van der Waals surface area contributed by atoms with Crippen LogP contribution in [0.1, 0.15) is 42.2 Å². The number of alkyl halides is 3. The van der Waals surface area contributed by atoms with Crippen molar-refractivity contribution in [1.82, 2.24) is 24.8 Å². The largest absolute Gasteiger partial charge is 0.497 e. The van der Waals surface area contributed by atoms with E-state index in [1.807, 2.05) is 18.2 Å². The van der Waals surface area contributed by atoms with Crippen molar-refractivity contribution < 1.29 is 17.9 Å². The van der Waals surface area contributed by atoms with Gasteiger partial charge >= 0.3 is 6.18 Å². The van der Waals surface area contributed by atoms with Crippen LogP contribution in [0.5, 0.6) is 5.75 Å². The number of hydrogen-bond donors (Lipinski definition) is 0. The van der Waals surface area contributed by atoms with Gasteiger partial charge in [-0.3, -0.25) is 4.90 Å². The first-order valence-corrected chi connectivity index (χ1v) is 11.9. The van der Waals surface area contributed by atoms with Crippen LogP contribution in [-0.2, 0) is 6.18 Å². The maximum atomic E-state index is 14.0. The van der Waals surface area contributed by atoms with Gasteiger partial charge in [-0.25, -0.2) is 14.8 Å². The summed E-state index contributed by atoms with van der Waals surface area (Å²) < 4.78 is 48.2. The second-order valence-electron chi connectivity index (χ2n) is 8.84. The molecule has 5 rings (SSSR count). The molecule has 0 aliphatic carbocycles. The lowest BCUT2D eigenvalue weighted by Crippen LogP contribution is -2.44. The lowest BCUT2D eigenvalue weighted by Gasteiger charge is -2.37. The van der Waals surface area contributed by atoms with Crippen molar-refractivity contribution in [3.05, 3.63) is 83.7 Å². The van der Waals surface area contributed by atoms with Gasteiger partial charge in [-0.2, -0.15) is 18.3 Å². The molecular formula is C27H27F3N5O. The van der Waals surface area contributed by atoms with Gasteiger partial charge in [0.05, 0.1) is 25.0 Å². The zero-order valence-corrected chi connectivity index (χ0v) is 20.1. The molecule has 1 aliphatic heterocycles. The number of halogens is 3. The second-order valence-corrected chi connectivity index (χ2v) is 8.84. The molecule has 2 atom stereocenters. The summed E-state index contributed by atoms with van der Waals surface area (Å²) in [6.45, 7) is 4.12. The normalized spacial score (nSPS) is 17.9. The van der Waals surface area contributed by atoms with E-state index in [0.29, 0.717) is 30.0 Å². The summed E-state index contributed by atoms with van der Waals surface area (Å²) in [5, 5.41) is 8.87. The van der Waals surface area contributed by atoms with Crippen LogP contribution in [0.15, 0.2) is 66.9 Å². The van der Waals surface area contributed by atoms with Gasteiger partial charge in [-0.15, -0.1) is 0 Å². The van der Waals surface area contributed by atoms with E-state index >= 15 is 0 Å². The predicted molar refractivity (Wildman–Crippen MR) is 131 cm³/mol. The van der Waals surface area contributed by atoms with Crippen LogP contribution in [0.3, 0.4) is 0 Å². The molecule has 3 heterocycles. The van der Waals surface area contributed by atoms with Gasteiger partial charge in [0, 0.05) is 36.8 Å². The minimum absolute atomic E-state index is 0.180. The summed E-state index contributed by atoms with van der Waals surface area (Å²) in [6, 6.07) is 18.0. The molecule has 4 aromatic rings. The third-order valence-corrected chi connectivity index (χ3v) is 6.69. The highest BCUT2D eigenvalue weighted by molar-refractivity contribution is 5.65. The average Bonchev–Trinajstić information content (AvgIpc) is 3.33. The minimum atomic E-state index is -4.60. The Kier molecular flexibility index (Phi) is 6.68. The van der Waals surface area contributed by atoms with Crippen molar-refractivity contribution in [1.29, 1.82) is 0 Å². The number of piperazine rings is 1. The van der Waals surface area contributed by atoms with Crippen molar-refractivity contribution in [2.75, 3.05) is 26.7 Å². The minimum Gasteiger partial charge on any atom is -0.497 e. The van der Waals surface area contributed by atoms with E-state index in [0.717, 1.165) is 23.5 Å². The van der Waals surface area contributed by atoms with E-state index in [4.69, 9.17) is 10.1 Å². The second kappa shape index (κ2) is 9.91. The highest BCUT2D eigenvalue weighted by Crippen LogP contribution is 2.35. The van der Waals surface area contributed by atoms with Crippen LogP contribution in [0.2, 0.25) is 0 Å². The molecule has 6 nitrogen and oxygen atoms in total. The molecule has 1 saturated heterocycles. The Hall–Kier alpha value is -3.43. The maximum Gasteiger partial charge on any atom is 0.433 e. The van der Waals surface area contributed by atoms with E-state index in [2.05, 4.69) is 34.0 Å². The van der Waals surface area contributed by atoms with Crippen LogP contribution in [-0.4, -0.2) is 46.2 Å². The van der Waals surface area contributed by atoms with Gasteiger partial charge in [-0.05, 0) is 42.3 Å². The van der Waals surface area contributed by atoms with Crippen LogP contribution >= 0.6 is 0 Å². The lowest BCUT2D eigenvalue weighted by molar-refractivity contribution is -0.142. The smallest absolute Gasteiger partial charge is 0.433 e. The number of aromatic nitrogens is 3. The van der Waals surface area contributed by atoms with Crippen LogP contribution in [0, 0.1) is 0 Å². The van der Waals surface area contributed by atoms with E-state index in [1.165, 1.54) is 18.9 Å². The molecule has 1 aliphatic rings. The Morgan fingerprint density at radius 3 is 2.50 bits per heavy atom. The average molecular weight is 495 g/mol. The molecule has 2 aromatic heterocycles. The maximum absolute atomic E-state index is 14.0. The molecule has 0 amide bonds. The molecule has 2 aromatic carbocycles. The highest BCUT2D eigenvalue weighted by Gasteiger charge is 2.37. The molecule has 9 heteroatoms. The van der Waals surface area contributed by atoms with E-state index < -0.39 is 11.9 Å². The number of ether oxygens (including phenoxy) is 1. The van der Waals surface area contributed by atoms with Crippen molar-refractivity contribution >= 4 is 5.65 Å². The van der Waals surface area contributed by atoms with Crippen LogP contribution < -0.4 is 10.1 Å². The summed E-state index contributed by atoms with van der Waals surface area (Å²) in [5.41, 5.74) is 1.92. The number of hydrogen-bond acceptors (Lipinski definition) is 4.